The number of rotatable bonds is 3. The van der Waals surface area contributed by atoms with Crippen molar-refractivity contribution in [2.45, 2.75) is 33.1 Å². The van der Waals surface area contributed by atoms with Gasteiger partial charge in [-0.1, -0.05) is 12.2 Å². The summed E-state index contributed by atoms with van der Waals surface area (Å²) in [5, 5.41) is 0. The van der Waals surface area contributed by atoms with Crippen LogP contribution in [-0.4, -0.2) is 14.2 Å². The average Bonchev–Trinajstić information content (AvgIpc) is 2.54. The molecule has 1 atom stereocenters. The van der Waals surface area contributed by atoms with Crippen LogP contribution in [0.1, 0.15) is 30.0 Å². The van der Waals surface area contributed by atoms with E-state index in [-0.39, 0.29) is 5.43 Å². The monoisotopic (exact) mass is 274 g/mol. The Labute approximate surface area is 120 Å². The summed E-state index contributed by atoms with van der Waals surface area (Å²) in [6.07, 6.45) is 2.64. The van der Waals surface area contributed by atoms with E-state index in [2.05, 4.69) is 13.5 Å². The Balaban J connectivity index is 2.69. The second-order valence-electron chi connectivity index (χ2n) is 5.50. The molecule has 1 aromatic carbocycles. The number of allylic oxidation sites excluding steroid dienone is 1. The van der Waals surface area contributed by atoms with Crippen LogP contribution in [0.2, 0.25) is 0 Å². The zero-order chi connectivity index (χ0) is 14.9. The summed E-state index contributed by atoms with van der Waals surface area (Å²) in [6.45, 7) is 8.15. The third-order valence-electron chi connectivity index (χ3n) is 4.21. The molecule has 0 bridgehead atoms. The maximum absolute atomic E-state index is 12.6. The topological polar surface area (TPSA) is 35.5 Å². The molecular formula is C17H22O3. The second kappa shape index (κ2) is 5.70. The lowest BCUT2D eigenvalue weighted by Crippen LogP contribution is -2.21. The van der Waals surface area contributed by atoms with Gasteiger partial charge in [0.05, 0.1) is 14.2 Å². The number of hydrogen-bond acceptors (Lipinski definition) is 3. The molecule has 0 aliphatic heterocycles. The first-order chi connectivity index (χ1) is 9.49. The van der Waals surface area contributed by atoms with Gasteiger partial charge in [0.2, 0.25) is 11.2 Å². The van der Waals surface area contributed by atoms with Crippen LogP contribution in [0.5, 0.6) is 11.5 Å². The third-order valence-corrected chi connectivity index (χ3v) is 4.21. The summed E-state index contributed by atoms with van der Waals surface area (Å²) in [7, 11) is 3.08. The molecule has 0 heterocycles. The molecule has 0 unspecified atom stereocenters. The fraction of sp³-hybridized carbons (Fsp3) is 0.471. The Hall–Kier alpha value is -1.77. The van der Waals surface area contributed by atoms with Crippen LogP contribution in [0.15, 0.2) is 23.0 Å². The van der Waals surface area contributed by atoms with Gasteiger partial charge in [-0.05, 0) is 56.2 Å². The van der Waals surface area contributed by atoms with Gasteiger partial charge in [0.1, 0.15) is 0 Å². The third kappa shape index (κ3) is 2.45. The Kier molecular flexibility index (Phi) is 4.17. The number of methoxy groups -OCH3 is 2. The van der Waals surface area contributed by atoms with Crippen molar-refractivity contribution in [1.82, 2.24) is 0 Å². The molecule has 0 saturated heterocycles. The van der Waals surface area contributed by atoms with Gasteiger partial charge in [0, 0.05) is 5.56 Å². The first kappa shape index (κ1) is 14.6. The summed E-state index contributed by atoms with van der Waals surface area (Å²) < 4.78 is 10.6. The van der Waals surface area contributed by atoms with E-state index < -0.39 is 0 Å². The van der Waals surface area contributed by atoms with E-state index in [4.69, 9.17) is 9.47 Å². The Morgan fingerprint density at radius 3 is 2.55 bits per heavy atom. The van der Waals surface area contributed by atoms with Crippen LogP contribution < -0.4 is 14.9 Å². The minimum atomic E-state index is -0.0346. The molecule has 0 amide bonds. The second-order valence-corrected chi connectivity index (χ2v) is 5.50. The first-order valence-electron chi connectivity index (χ1n) is 6.92. The Morgan fingerprint density at radius 2 is 2.00 bits per heavy atom. The van der Waals surface area contributed by atoms with Crippen LogP contribution in [0.4, 0.5) is 0 Å². The first-order valence-corrected chi connectivity index (χ1v) is 6.92. The normalized spacial score (nSPS) is 17.3. The molecule has 1 aliphatic carbocycles. The van der Waals surface area contributed by atoms with E-state index >= 15 is 0 Å². The molecule has 2 rings (SSSR count). The van der Waals surface area contributed by atoms with Crippen molar-refractivity contribution in [3.8, 4) is 11.5 Å². The molecule has 20 heavy (non-hydrogen) atoms. The van der Waals surface area contributed by atoms with Crippen LogP contribution >= 0.6 is 0 Å². The zero-order valence-electron chi connectivity index (χ0n) is 12.7. The van der Waals surface area contributed by atoms with E-state index in [1.807, 2.05) is 13.0 Å². The van der Waals surface area contributed by atoms with Crippen LogP contribution in [0, 0.1) is 12.8 Å². The lowest BCUT2D eigenvalue weighted by atomic mass is 9.80. The van der Waals surface area contributed by atoms with Gasteiger partial charge in [-0.3, -0.25) is 4.79 Å². The van der Waals surface area contributed by atoms with E-state index in [0.717, 1.165) is 36.0 Å². The fourth-order valence-electron chi connectivity index (χ4n) is 2.95. The predicted molar refractivity (Wildman–Crippen MR) is 80.9 cm³/mol. The zero-order valence-corrected chi connectivity index (χ0v) is 12.7. The Bertz CT molecular complexity index is 602. The number of aryl methyl sites for hydroxylation is 1. The summed E-state index contributed by atoms with van der Waals surface area (Å²) in [5.74, 6) is 1.28. The maximum atomic E-state index is 12.6. The van der Waals surface area contributed by atoms with Gasteiger partial charge < -0.3 is 9.47 Å². The molecule has 108 valence electrons. The number of fused-ring (bicyclic) bond motifs is 1. The molecule has 0 radical (unpaired) electrons. The molecule has 3 heteroatoms. The van der Waals surface area contributed by atoms with E-state index in [1.54, 1.807) is 7.11 Å². The highest BCUT2D eigenvalue weighted by molar-refractivity contribution is 5.49. The van der Waals surface area contributed by atoms with Crippen LogP contribution in [0.25, 0.3) is 0 Å². The predicted octanol–water partition coefficient (Wildman–Crippen LogP) is 3.05. The van der Waals surface area contributed by atoms with Crippen molar-refractivity contribution in [3.05, 3.63) is 45.1 Å². The van der Waals surface area contributed by atoms with Crippen LogP contribution in [0.3, 0.4) is 0 Å². The highest BCUT2D eigenvalue weighted by atomic mass is 16.5. The molecule has 1 aromatic rings. The standard InChI is InChI=1S/C17H22O3/c1-10(2)12-6-7-13-14(9-12)11(3)8-15(19-4)17(20-5)16(13)18/h8,12H,1,6-7,9H2,2-5H3/t12-/m1/s1. The summed E-state index contributed by atoms with van der Waals surface area (Å²) >= 11 is 0. The van der Waals surface area contributed by atoms with Crippen LogP contribution in [-0.2, 0) is 12.8 Å². The van der Waals surface area contributed by atoms with Gasteiger partial charge in [-0.25, -0.2) is 0 Å². The molecule has 0 N–H and O–H groups in total. The lowest BCUT2D eigenvalue weighted by Gasteiger charge is -2.24. The van der Waals surface area contributed by atoms with Gasteiger partial charge in [0.25, 0.3) is 0 Å². The highest BCUT2D eigenvalue weighted by Gasteiger charge is 2.24. The SMILES string of the molecule is C=C(C)[C@@H]1CCc2c(c(C)cc(OC)c(OC)c2=O)C1. The molecule has 0 spiro atoms. The van der Waals surface area contributed by atoms with Crippen molar-refractivity contribution in [2.24, 2.45) is 5.92 Å². The number of hydrogen-bond donors (Lipinski definition) is 0. The van der Waals surface area contributed by atoms with E-state index in [0.29, 0.717) is 17.4 Å². The van der Waals surface area contributed by atoms with Gasteiger partial charge >= 0.3 is 0 Å². The smallest absolute Gasteiger partial charge is 0.227 e. The molecule has 0 saturated carbocycles. The minimum Gasteiger partial charge on any atom is -0.493 e. The molecular weight excluding hydrogens is 252 g/mol. The minimum absolute atomic E-state index is 0.0346. The Morgan fingerprint density at radius 1 is 1.30 bits per heavy atom. The van der Waals surface area contributed by atoms with Gasteiger partial charge in [0.15, 0.2) is 5.75 Å². The average molecular weight is 274 g/mol. The lowest BCUT2D eigenvalue weighted by molar-refractivity contribution is 0.353. The summed E-state index contributed by atoms with van der Waals surface area (Å²) in [4.78, 5) is 12.6. The van der Waals surface area contributed by atoms with Gasteiger partial charge in [-0.15, -0.1) is 0 Å². The van der Waals surface area contributed by atoms with Crippen molar-refractivity contribution in [2.75, 3.05) is 14.2 Å². The quantitative estimate of drug-likeness (QED) is 0.795. The molecule has 3 nitrogen and oxygen atoms in total. The largest absolute Gasteiger partial charge is 0.493 e. The van der Waals surface area contributed by atoms with Crippen molar-refractivity contribution >= 4 is 0 Å². The van der Waals surface area contributed by atoms with E-state index in [9.17, 15) is 4.79 Å². The van der Waals surface area contributed by atoms with E-state index in [1.165, 1.54) is 12.7 Å². The van der Waals surface area contributed by atoms with Crippen molar-refractivity contribution in [3.63, 3.8) is 0 Å². The molecule has 0 fully saturated rings. The maximum Gasteiger partial charge on any atom is 0.227 e. The molecule has 0 aromatic heterocycles. The number of ether oxygens (including phenoxy) is 2. The fourth-order valence-corrected chi connectivity index (χ4v) is 2.95. The van der Waals surface area contributed by atoms with Crippen molar-refractivity contribution in [1.29, 1.82) is 0 Å². The summed E-state index contributed by atoms with van der Waals surface area (Å²) in [5.41, 5.74) is 4.25. The molecule has 1 aliphatic rings. The van der Waals surface area contributed by atoms with Gasteiger partial charge in [-0.2, -0.15) is 0 Å². The van der Waals surface area contributed by atoms with Crippen molar-refractivity contribution < 1.29 is 9.47 Å². The highest BCUT2D eigenvalue weighted by Crippen LogP contribution is 2.33. The summed E-state index contributed by atoms with van der Waals surface area (Å²) in [6, 6.07) is 1.90.